The Hall–Kier alpha value is -2.34. The Kier molecular flexibility index (Phi) is 3.87. The fourth-order valence-corrected chi connectivity index (χ4v) is 2.66. The number of benzene rings is 3. The molecule has 2 radical (unpaired) electrons. The monoisotopic (exact) mass is 270 g/mol. The van der Waals surface area contributed by atoms with E-state index in [0.29, 0.717) is 0 Å². The van der Waals surface area contributed by atoms with E-state index in [1.807, 2.05) is 6.07 Å². The number of hydrogen-bond donors (Lipinski definition) is 0. The fourth-order valence-electron chi connectivity index (χ4n) is 2.66. The maximum Gasteiger partial charge on any atom is 0.0323 e. The largest absolute Gasteiger partial charge is 0.0622 e. The summed E-state index contributed by atoms with van der Waals surface area (Å²) in [6.45, 7) is 2.23. The topological polar surface area (TPSA) is 0 Å². The van der Waals surface area contributed by atoms with Gasteiger partial charge in [-0.25, -0.2) is 0 Å². The number of hydrogen-bond acceptors (Lipinski definition) is 0. The van der Waals surface area contributed by atoms with Crippen LogP contribution in [0.2, 0.25) is 0 Å². The van der Waals surface area contributed by atoms with E-state index in [-0.39, 0.29) is 5.41 Å². The van der Waals surface area contributed by atoms with Gasteiger partial charge in [-0.2, -0.15) is 0 Å². The summed E-state index contributed by atoms with van der Waals surface area (Å²) in [5.41, 5.74) is 3.36. The minimum Gasteiger partial charge on any atom is -0.0622 e. The van der Waals surface area contributed by atoms with Crippen molar-refractivity contribution in [3.8, 4) is 0 Å². The van der Waals surface area contributed by atoms with Crippen LogP contribution in [-0.4, -0.2) is 0 Å². The molecule has 102 valence electrons. The van der Waals surface area contributed by atoms with Gasteiger partial charge in [0.25, 0.3) is 0 Å². The quantitative estimate of drug-likeness (QED) is 0.617. The minimum absolute atomic E-state index is 0.260. The van der Waals surface area contributed by atoms with Crippen molar-refractivity contribution in [1.82, 2.24) is 0 Å². The molecule has 0 spiro atoms. The molecule has 0 saturated carbocycles. The van der Waals surface area contributed by atoms with Crippen molar-refractivity contribution >= 4 is 0 Å². The summed E-state index contributed by atoms with van der Waals surface area (Å²) >= 11 is 0. The van der Waals surface area contributed by atoms with Gasteiger partial charge < -0.3 is 0 Å². The average Bonchev–Trinajstić information content (AvgIpc) is 2.57. The molecule has 0 atom stereocenters. The molecule has 0 aromatic heterocycles. The fraction of sp³-hybridized carbons (Fsp3) is 0.0952. The molecule has 0 aliphatic carbocycles. The van der Waals surface area contributed by atoms with Crippen LogP contribution in [-0.2, 0) is 5.41 Å². The SMILES string of the molecule is CC([C]c1ccccc1)(c1ccccc1)c1ccccc1. The second-order valence-corrected chi connectivity index (χ2v) is 5.35. The van der Waals surface area contributed by atoms with Crippen LogP contribution in [0.1, 0.15) is 23.6 Å². The summed E-state index contributed by atoms with van der Waals surface area (Å²) in [5.74, 6) is 0. The van der Waals surface area contributed by atoms with Crippen LogP contribution >= 0.6 is 0 Å². The van der Waals surface area contributed by atoms with E-state index in [4.69, 9.17) is 0 Å². The second kappa shape index (κ2) is 5.97. The van der Waals surface area contributed by atoms with Gasteiger partial charge in [-0.05, 0) is 16.7 Å². The van der Waals surface area contributed by atoms with E-state index in [1.165, 1.54) is 11.1 Å². The van der Waals surface area contributed by atoms with Gasteiger partial charge in [0.2, 0.25) is 0 Å². The maximum absolute atomic E-state index is 3.69. The lowest BCUT2D eigenvalue weighted by Crippen LogP contribution is -2.24. The highest BCUT2D eigenvalue weighted by atomic mass is 14.3. The Morgan fingerprint density at radius 2 is 0.952 bits per heavy atom. The molecule has 0 nitrogen and oxygen atoms in total. The predicted octanol–water partition coefficient (Wildman–Crippen LogP) is 5.12. The molecule has 3 rings (SSSR count). The van der Waals surface area contributed by atoms with Crippen LogP contribution < -0.4 is 0 Å². The van der Waals surface area contributed by atoms with Crippen molar-refractivity contribution in [2.24, 2.45) is 0 Å². The first-order chi connectivity index (χ1) is 10.3. The lowest BCUT2D eigenvalue weighted by Gasteiger charge is -2.30. The predicted molar refractivity (Wildman–Crippen MR) is 88.1 cm³/mol. The maximum atomic E-state index is 3.69. The van der Waals surface area contributed by atoms with Crippen molar-refractivity contribution in [1.29, 1.82) is 0 Å². The molecule has 3 aromatic carbocycles. The van der Waals surface area contributed by atoms with Crippen LogP contribution in [0.3, 0.4) is 0 Å². The zero-order chi connectivity index (χ0) is 14.5. The molecule has 0 heterocycles. The van der Waals surface area contributed by atoms with Gasteiger partial charge in [-0.3, -0.25) is 0 Å². The average molecular weight is 270 g/mol. The molecule has 3 aromatic rings. The highest BCUT2D eigenvalue weighted by Gasteiger charge is 2.29. The Morgan fingerprint density at radius 3 is 1.38 bits per heavy atom. The summed E-state index contributed by atoms with van der Waals surface area (Å²) < 4.78 is 0. The van der Waals surface area contributed by atoms with E-state index in [0.717, 1.165) is 5.56 Å². The first-order valence-corrected chi connectivity index (χ1v) is 7.23. The standard InChI is InChI=1S/C21H18/c1-21(19-13-7-3-8-14-19,20-15-9-4-10-16-20)17-18-11-5-2-6-12-18/h2-16H,1H3. The third-order valence-electron chi connectivity index (χ3n) is 3.87. The molecular weight excluding hydrogens is 252 g/mol. The smallest absolute Gasteiger partial charge is 0.0323 e. The molecule has 0 amide bonds. The van der Waals surface area contributed by atoms with E-state index in [2.05, 4.69) is 98.3 Å². The van der Waals surface area contributed by atoms with Gasteiger partial charge in [0, 0.05) is 11.8 Å². The summed E-state index contributed by atoms with van der Waals surface area (Å²) in [5, 5.41) is 0. The van der Waals surface area contributed by atoms with E-state index in [9.17, 15) is 0 Å². The first kappa shape index (κ1) is 13.6. The summed E-state index contributed by atoms with van der Waals surface area (Å²) in [7, 11) is 0. The van der Waals surface area contributed by atoms with Gasteiger partial charge in [-0.1, -0.05) is 97.9 Å². The van der Waals surface area contributed by atoms with E-state index >= 15 is 0 Å². The van der Waals surface area contributed by atoms with Crippen molar-refractivity contribution in [3.63, 3.8) is 0 Å². The van der Waals surface area contributed by atoms with Crippen molar-refractivity contribution in [2.75, 3.05) is 0 Å². The molecule has 0 aliphatic heterocycles. The van der Waals surface area contributed by atoms with Gasteiger partial charge in [-0.15, -0.1) is 0 Å². The lowest BCUT2D eigenvalue weighted by molar-refractivity contribution is 0.678. The Morgan fingerprint density at radius 1 is 0.571 bits per heavy atom. The van der Waals surface area contributed by atoms with Gasteiger partial charge in [0.05, 0.1) is 0 Å². The van der Waals surface area contributed by atoms with Gasteiger partial charge in [0.1, 0.15) is 0 Å². The summed E-state index contributed by atoms with van der Waals surface area (Å²) in [6, 6.07) is 31.5. The molecule has 0 aliphatic rings. The first-order valence-electron chi connectivity index (χ1n) is 7.23. The Bertz CT molecular complexity index is 630. The second-order valence-electron chi connectivity index (χ2n) is 5.35. The Balaban J connectivity index is 2.07. The molecule has 0 N–H and O–H groups in total. The van der Waals surface area contributed by atoms with E-state index in [1.54, 1.807) is 0 Å². The van der Waals surface area contributed by atoms with Crippen molar-refractivity contribution < 1.29 is 0 Å². The molecule has 0 unspecified atom stereocenters. The zero-order valence-electron chi connectivity index (χ0n) is 12.2. The van der Waals surface area contributed by atoms with Crippen molar-refractivity contribution in [2.45, 2.75) is 12.3 Å². The molecule has 0 heteroatoms. The third-order valence-corrected chi connectivity index (χ3v) is 3.87. The van der Waals surface area contributed by atoms with Crippen LogP contribution in [0.25, 0.3) is 0 Å². The van der Waals surface area contributed by atoms with Crippen molar-refractivity contribution in [3.05, 3.63) is 114 Å². The van der Waals surface area contributed by atoms with E-state index < -0.39 is 0 Å². The van der Waals surface area contributed by atoms with Gasteiger partial charge >= 0.3 is 0 Å². The number of rotatable bonds is 4. The minimum atomic E-state index is -0.260. The summed E-state index contributed by atoms with van der Waals surface area (Å²) in [6.07, 6.45) is 3.69. The van der Waals surface area contributed by atoms with Crippen LogP contribution in [0.4, 0.5) is 0 Å². The highest BCUT2D eigenvalue weighted by Crippen LogP contribution is 2.36. The van der Waals surface area contributed by atoms with Crippen LogP contribution in [0.15, 0.2) is 91.0 Å². The zero-order valence-corrected chi connectivity index (χ0v) is 12.2. The van der Waals surface area contributed by atoms with Crippen LogP contribution in [0.5, 0.6) is 0 Å². The third kappa shape index (κ3) is 2.90. The Labute approximate surface area is 127 Å². The van der Waals surface area contributed by atoms with Gasteiger partial charge in [0.15, 0.2) is 0 Å². The normalized spacial score (nSPS) is 11.3. The van der Waals surface area contributed by atoms with Crippen LogP contribution in [0, 0.1) is 6.42 Å². The summed E-state index contributed by atoms with van der Waals surface area (Å²) in [4.78, 5) is 0. The molecular formula is C21H18. The molecule has 0 fully saturated rings. The molecule has 0 bridgehead atoms. The molecule has 0 saturated heterocycles. The lowest BCUT2D eigenvalue weighted by atomic mass is 9.72. The molecule has 21 heavy (non-hydrogen) atoms. The highest BCUT2D eigenvalue weighted by molar-refractivity contribution is 5.46.